The van der Waals surface area contributed by atoms with Crippen molar-refractivity contribution in [3.63, 3.8) is 0 Å². The Morgan fingerprint density at radius 3 is 2.72 bits per heavy atom. The van der Waals surface area contributed by atoms with E-state index in [1.54, 1.807) is 6.07 Å². The molecule has 0 radical (unpaired) electrons. The number of nitrogens with two attached hydrogens (primary N) is 1. The van der Waals surface area contributed by atoms with Crippen molar-refractivity contribution in [2.24, 2.45) is 7.05 Å². The van der Waals surface area contributed by atoms with Gasteiger partial charge in [0.2, 0.25) is 5.89 Å². The molecule has 2 N–H and O–H groups in total. The Kier molecular flexibility index (Phi) is 2.16. The van der Waals surface area contributed by atoms with Crippen molar-refractivity contribution < 1.29 is 4.42 Å². The van der Waals surface area contributed by atoms with Crippen molar-refractivity contribution in [2.75, 3.05) is 5.73 Å². The molecule has 0 amide bonds. The first kappa shape index (κ1) is 10.8. The minimum Gasteiger partial charge on any atom is -0.436 e. The standard InChI is InChI=1S/C13H14N4O/c1-7-12(8(2)17(3)16-7)13-15-10-6-9(14)4-5-11(10)18-13/h4-6H,14H2,1-3H3. The monoisotopic (exact) mass is 242 g/mol. The van der Waals surface area contributed by atoms with Gasteiger partial charge in [0.15, 0.2) is 5.58 Å². The lowest BCUT2D eigenvalue weighted by Crippen LogP contribution is -1.92. The van der Waals surface area contributed by atoms with Crippen molar-refractivity contribution in [3.05, 3.63) is 29.6 Å². The van der Waals surface area contributed by atoms with E-state index in [0.29, 0.717) is 11.6 Å². The van der Waals surface area contributed by atoms with Gasteiger partial charge in [-0.1, -0.05) is 0 Å². The van der Waals surface area contributed by atoms with Gasteiger partial charge < -0.3 is 10.2 Å². The molecule has 92 valence electrons. The maximum absolute atomic E-state index is 5.76. The number of fused-ring (bicyclic) bond motifs is 1. The molecule has 0 atom stereocenters. The summed E-state index contributed by atoms with van der Waals surface area (Å²) in [7, 11) is 1.91. The van der Waals surface area contributed by atoms with Crippen LogP contribution in [-0.4, -0.2) is 14.8 Å². The molecule has 0 saturated heterocycles. The molecular formula is C13H14N4O. The molecule has 0 aliphatic heterocycles. The number of oxazole rings is 1. The molecule has 5 heteroatoms. The van der Waals surface area contributed by atoms with Crippen LogP contribution in [0.2, 0.25) is 0 Å². The normalized spacial score (nSPS) is 11.3. The second kappa shape index (κ2) is 3.60. The van der Waals surface area contributed by atoms with Crippen molar-refractivity contribution in [1.82, 2.24) is 14.8 Å². The van der Waals surface area contributed by atoms with Gasteiger partial charge in [-0.2, -0.15) is 5.10 Å². The van der Waals surface area contributed by atoms with Crippen LogP contribution in [0.25, 0.3) is 22.6 Å². The van der Waals surface area contributed by atoms with Crippen LogP contribution in [-0.2, 0) is 7.05 Å². The lowest BCUT2D eigenvalue weighted by Gasteiger charge is -1.95. The Hall–Kier alpha value is -2.30. The van der Waals surface area contributed by atoms with E-state index in [9.17, 15) is 0 Å². The van der Waals surface area contributed by atoms with Gasteiger partial charge in [0, 0.05) is 18.4 Å². The predicted octanol–water partition coefficient (Wildman–Crippen LogP) is 2.43. The van der Waals surface area contributed by atoms with Crippen molar-refractivity contribution in [2.45, 2.75) is 13.8 Å². The minimum atomic E-state index is 0.596. The van der Waals surface area contributed by atoms with Crippen LogP contribution in [0.4, 0.5) is 5.69 Å². The van der Waals surface area contributed by atoms with Crippen molar-refractivity contribution in [1.29, 1.82) is 0 Å². The molecule has 0 fully saturated rings. The maximum atomic E-state index is 5.76. The number of nitrogen functional groups attached to an aromatic ring is 1. The molecule has 0 aliphatic carbocycles. The zero-order valence-corrected chi connectivity index (χ0v) is 10.6. The summed E-state index contributed by atoms with van der Waals surface area (Å²) in [6, 6.07) is 5.45. The number of anilines is 1. The first-order chi connectivity index (χ1) is 8.56. The van der Waals surface area contributed by atoms with Gasteiger partial charge in [-0.3, -0.25) is 4.68 Å². The van der Waals surface area contributed by atoms with Crippen LogP contribution in [0.15, 0.2) is 22.6 Å². The van der Waals surface area contributed by atoms with E-state index in [1.807, 2.05) is 37.7 Å². The van der Waals surface area contributed by atoms with E-state index in [4.69, 9.17) is 10.2 Å². The zero-order chi connectivity index (χ0) is 12.9. The maximum Gasteiger partial charge on any atom is 0.231 e. The molecule has 5 nitrogen and oxygen atoms in total. The average molecular weight is 242 g/mol. The second-order valence-corrected chi connectivity index (χ2v) is 4.42. The Morgan fingerprint density at radius 1 is 1.28 bits per heavy atom. The first-order valence-corrected chi connectivity index (χ1v) is 5.73. The van der Waals surface area contributed by atoms with Gasteiger partial charge in [-0.25, -0.2) is 4.98 Å². The summed E-state index contributed by atoms with van der Waals surface area (Å²) in [5.41, 5.74) is 10.8. The summed E-state index contributed by atoms with van der Waals surface area (Å²) >= 11 is 0. The topological polar surface area (TPSA) is 69.9 Å². The molecular weight excluding hydrogens is 228 g/mol. The van der Waals surface area contributed by atoms with Crippen molar-refractivity contribution >= 4 is 16.8 Å². The fraction of sp³-hybridized carbons (Fsp3) is 0.231. The van der Waals surface area contributed by atoms with Crippen LogP contribution in [0.1, 0.15) is 11.4 Å². The Labute approximate surface area is 104 Å². The summed E-state index contributed by atoms with van der Waals surface area (Å²) in [5, 5.41) is 4.37. The molecule has 3 aromatic rings. The lowest BCUT2D eigenvalue weighted by molar-refractivity contribution is 0.618. The predicted molar refractivity (Wildman–Crippen MR) is 70.1 cm³/mol. The minimum absolute atomic E-state index is 0.596. The third-order valence-electron chi connectivity index (χ3n) is 3.13. The van der Waals surface area contributed by atoms with E-state index >= 15 is 0 Å². The van der Waals surface area contributed by atoms with Gasteiger partial charge in [0.05, 0.1) is 11.3 Å². The Bertz CT molecular complexity index is 739. The fourth-order valence-electron chi connectivity index (χ4n) is 2.13. The van der Waals surface area contributed by atoms with Crippen LogP contribution >= 0.6 is 0 Å². The van der Waals surface area contributed by atoms with Gasteiger partial charge in [0.25, 0.3) is 0 Å². The van der Waals surface area contributed by atoms with Crippen LogP contribution in [0, 0.1) is 13.8 Å². The highest BCUT2D eigenvalue weighted by Crippen LogP contribution is 2.29. The average Bonchev–Trinajstić information content (AvgIpc) is 2.80. The molecule has 18 heavy (non-hydrogen) atoms. The third kappa shape index (κ3) is 1.48. The van der Waals surface area contributed by atoms with Crippen LogP contribution in [0.3, 0.4) is 0 Å². The smallest absolute Gasteiger partial charge is 0.231 e. The SMILES string of the molecule is Cc1nn(C)c(C)c1-c1nc2cc(N)ccc2o1. The number of aryl methyl sites for hydroxylation is 2. The van der Waals surface area contributed by atoms with E-state index in [2.05, 4.69) is 10.1 Å². The number of hydrogen-bond acceptors (Lipinski definition) is 4. The van der Waals surface area contributed by atoms with Crippen LogP contribution in [0.5, 0.6) is 0 Å². The van der Waals surface area contributed by atoms with E-state index in [0.717, 1.165) is 28.1 Å². The Balaban J connectivity index is 2.25. The summed E-state index contributed by atoms with van der Waals surface area (Å²) in [6.45, 7) is 3.95. The molecule has 0 unspecified atom stereocenters. The van der Waals surface area contributed by atoms with Gasteiger partial charge in [0.1, 0.15) is 5.52 Å². The highest BCUT2D eigenvalue weighted by molar-refractivity contribution is 5.80. The number of hydrogen-bond donors (Lipinski definition) is 1. The summed E-state index contributed by atoms with van der Waals surface area (Å²) in [5.74, 6) is 0.596. The van der Waals surface area contributed by atoms with E-state index < -0.39 is 0 Å². The largest absolute Gasteiger partial charge is 0.436 e. The number of rotatable bonds is 1. The quantitative estimate of drug-likeness (QED) is 0.665. The van der Waals surface area contributed by atoms with Gasteiger partial charge >= 0.3 is 0 Å². The Morgan fingerprint density at radius 2 is 2.06 bits per heavy atom. The highest BCUT2D eigenvalue weighted by atomic mass is 16.3. The summed E-state index contributed by atoms with van der Waals surface area (Å²) in [6.07, 6.45) is 0. The molecule has 1 aromatic carbocycles. The third-order valence-corrected chi connectivity index (χ3v) is 3.13. The number of benzene rings is 1. The lowest BCUT2D eigenvalue weighted by atomic mass is 10.2. The van der Waals surface area contributed by atoms with Gasteiger partial charge in [-0.15, -0.1) is 0 Å². The number of nitrogens with zero attached hydrogens (tertiary/aromatic N) is 3. The van der Waals surface area contributed by atoms with E-state index in [1.165, 1.54) is 0 Å². The summed E-state index contributed by atoms with van der Waals surface area (Å²) in [4.78, 5) is 4.48. The van der Waals surface area contributed by atoms with Gasteiger partial charge in [-0.05, 0) is 32.0 Å². The molecule has 0 aliphatic rings. The summed E-state index contributed by atoms with van der Waals surface area (Å²) < 4.78 is 7.59. The fourth-order valence-corrected chi connectivity index (χ4v) is 2.13. The highest BCUT2D eigenvalue weighted by Gasteiger charge is 2.17. The molecule has 0 saturated carbocycles. The molecule has 2 heterocycles. The number of aromatic nitrogens is 3. The molecule has 0 bridgehead atoms. The van der Waals surface area contributed by atoms with Crippen molar-refractivity contribution in [3.8, 4) is 11.5 Å². The zero-order valence-electron chi connectivity index (χ0n) is 10.6. The second-order valence-electron chi connectivity index (χ2n) is 4.42. The van der Waals surface area contributed by atoms with E-state index in [-0.39, 0.29) is 0 Å². The molecule has 0 spiro atoms. The molecule has 3 rings (SSSR count). The molecule has 2 aromatic heterocycles. The van der Waals surface area contributed by atoms with Crippen LogP contribution < -0.4 is 5.73 Å². The first-order valence-electron chi connectivity index (χ1n) is 5.73.